The SMILES string of the molecule is Cc1nn(C)c(NC(C)CO)c1C#N. The number of hydrogen-bond donors (Lipinski definition) is 2. The Bertz CT molecular complexity index is 364. The number of aryl methyl sites for hydroxylation is 2. The molecule has 0 radical (unpaired) electrons. The zero-order valence-electron chi connectivity index (χ0n) is 8.57. The Hall–Kier alpha value is -1.54. The van der Waals surface area contributed by atoms with Crippen LogP contribution < -0.4 is 5.32 Å². The molecule has 0 aliphatic heterocycles. The van der Waals surface area contributed by atoms with Crippen molar-refractivity contribution < 1.29 is 5.11 Å². The van der Waals surface area contributed by atoms with Crippen molar-refractivity contribution in [2.75, 3.05) is 11.9 Å². The molecule has 5 heteroatoms. The molecule has 1 aromatic heterocycles. The van der Waals surface area contributed by atoms with Gasteiger partial charge in [0.15, 0.2) is 0 Å². The van der Waals surface area contributed by atoms with Crippen molar-refractivity contribution in [1.82, 2.24) is 9.78 Å². The Kier molecular flexibility index (Phi) is 3.10. The molecule has 1 heterocycles. The molecule has 1 rings (SSSR count). The maximum atomic E-state index is 8.89. The Morgan fingerprint density at radius 1 is 1.71 bits per heavy atom. The number of aliphatic hydroxyl groups is 1. The Labute approximate surface area is 83.0 Å². The lowest BCUT2D eigenvalue weighted by atomic mass is 10.2. The van der Waals surface area contributed by atoms with Crippen molar-refractivity contribution in [3.63, 3.8) is 0 Å². The number of anilines is 1. The molecule has 0 spiro atoms. The van der Waals surface area contributed by atoms with E-state index in [-0.39, 0.29) is 12.6 Å². The average molecular weight is 194 g/mol. The van der Waals surface area contributed by atoms with Crippen LogP contribution in [-0.4, -0.2) is 27.5 Å². The summed E-state index contributed by atoms with van der Waals surface area (Å²) in [7, 11) is 1.76. The highest BCUT2D eigenvalue weighted by Crippen LogP contribution is 2.17. The topological polar surface area (TPSA) is 73.9 Å². The lowest BCUT2D eigenvalue weighted by Gasteiger charge is -2.12. The number of nitrogens with zero attached hydrogens (tertiary/aromatic N) is 3. The summed E-state index contributed by atoms with van der Waals surface area (Å²) in [5.74, 6) is 0.659. The van der Waals surface area contributed by atoms with Crippen LogP contribution in [0.25, 0.3) is 0 Å². The van der Waals surface area contributed by atoms with Gasteiger partial charge in [-0.2, -0.15) is 10.4 Å². The Morgan fingerprint density at radius 3 is 2.86 bits per heavy atom. The molecule has 1 unspecified atom stereocenters. The average Bonchev–Trinajstić information content (AvgIpc) is 2.41. The first-order chi connectivity index (χ1) is 6.60. The van der Waals surface area contributed by atoms with E-state index in [0.717, 1.165) is 0 Å². The van der Waals surface area contributed by atoms with E-state index in [1.165, 1.54) is 0 Å². The van der Waals surface area contributed by atoms with Crippen LogP contribution in [0.1, 0.15) is 18.2 Å². The van der Waals surface area contributed by atoms with Crippen LogP contribution in [0.4, 0.5) is 5.82 Å². The van der Waals surface area contributed by atoms with Gasteiger partial charge in [0.1, 0.15) is 17.5 Å². The summed E-state index contributed by atoms with van der Waals surface area (Å²) in [6, 6.07) is 2.00. The number of aliphatic hydroxyl groups excluding tert-OH is 1. The van der Waals surface area contributed by atoms with Gasteiger partial charge in [0.2, 0.25) is 0 Å². The van der Waals surface area contributed by atoms with Crippen molar-refractivity contribution in [3.05, 3.63) is 11.3 Å². The number of hydrogen-bond acceptors (Lipinski definition) is 4. The normalized spacial score (nSPS) is 12.2. The van der Waals surface area contributed by atoms with E-state index in [4.69, 9.17) is 10.4 Å². The number of rotatable bonds is 3. The van der Waals surface area contributed by atoms with Crippen LogP contribution >= 0.6 is 0 Å². The summed E-state index contributed by atoms with van der Waals surface area (Å²) in [6.45, 7) is 3.64. The minimum Gasteiger partial charge on any atom is -0.394 e. The van der Waals surface area contributed by atoms with Crippen molar-refractivity contribution in [2.24, 2.45) is 7.05 Å². The molecule has 14 heavy (non-hydrogen) atoms. The van der Waals surface area contributed by atoms with E-state index in [2.05, 4.69) is 16.5 Å². The predicted molar refractivity (Wildman–Crippen MR) is 52.8 cm³/mol. The van der Waals surface area contributed by atoms with Crippen molar-refractivity contribution in [3.8, 4) is 6.07 Å². The number of aromatic nitrogens is 2. The van der Waals surface area contributed by atoms with Gasteiger partial charge in [-0.15, -0.1) is 0 Å². The summed E-state index contributed by atoms with van der Waals surface area (Å²) in [4.78, 5) is 0. The van der Waals surface area contributed by atoms with E-state index >= 15 is 0 Å². The van der Waals surface area contributed by atoms with Gasteiger partial charge in [-0.1, -0.05) is 0 Å². The minimum absolute atomic E-state index is 0.0229. The van der Waals surface area contributed by atoms with Gasteiger partial charge in [-0.3, -0.25) is 4.68 Å². The summed E-state index contributed by atoms with van der Waals surface area (Å²) in [6.07, 6.45) is 0. The van der Waals surface area contributed by atoms with Crippen LogP contribution in [-0.2, 0) is 7.05 Å². The zero-order chi connectivity index (χ0) is 10.7. The highest BCUT2D eigenvalue weighted by Gasteiger charge is 2.13. The largest absolute Gasteiger partial charge is 0.394 e. The van der Waals surface area contributed by atoms with Gasteiger partial charge in [0.05, 0.1) is 12.3 Å². The number of nitriles is 1. The van der Waals surface area contributed by atoms with E-state index in [0.29, 0.717) is 17.1 Å². The predicted octanol–water partition coefficient (Wildman–Crippen LogP) is 0.393. The van der Waals surface area contributed by atoms with Gasteiger partial charge in [-0.25, -0.2) is 0 Å². The molecule has 0 saturated carbocycles. The first-order valence-electron chi connectivity index (χ1n) is 4.41. The van der Waals surface area contributed by atoms with Crippen LogP contribution in [0.3, 0.4) is 0 Å². The highest BCUT2D eigenvalue weighted by atomic mass is 16.3. The fraction of sp³-hybridized carbons (Fsp3) is 0.556. The standard InChI is InChI=1S/C9H14N4O/c1-6(5-14)11-9-8(4-10)7(2)12-13(9)3/h6,11,14H,5H2,1-3H3. The second-order valence-electron chi connectivity index (χ2n) is 3.27. The molecule has 2 N–H and O–H groups in total. The lowest BCUT2D eigenvalue weighted by molar-refractivity contribution is 0.281. The van der Waals surface area contributed by atoms with Gasteiger partial charge < -0.3 is 10.4 Å². The molecular formula is C9H14N4O. The Balaban J connectivity index is 3.02. The minimum atomic E-state index is -0.0862. The van der Waals surface area contributed by atoms with E-state index in [9.17, 15) is 0 Å². The molecule has 0 aliphatic rings. The molecule has 0 bridgehead atoms. The monoisotopic (exact) mass is 194 g/mol. The van der Waals surface area contributed by atoms with Crippen LogP contribution in [0, 0.1) is 18.3 Å². The number of nitrogens with one attached hydrogen (secondary N) is 1. The summed E-state index contributed by atoms with van der Waals surface area (Å²) < 4.78 is 1.61. The maximum Gasteiger partial charge on any atom is 0.142 e. The molecule has 1 atom stereocenters. The van der Waals surface area contributed by atoms with Crippen LogP contribution in [0.15, 0.2) is 0 Å². The quantitative estimate of drug-likeness (QED) is 0.730. The fourth-order valence-electron chi connectivity index (χ4n) is 1.24. The summed E-state index contributed by atoms with van der Waals surface area (Å²) in [5, 5.41) is 24.9. The van der Waals surface area contributed by atoms with Gasteiger partial charge in [0, 0.05) is 13.1 Å². The zero-order valence-corrected chi connectivity index (χ0v) is 8.57. The maximum absolute atomic E-state index is 8.89. The molecule has 5 nitrogen and oxygen atoms in total. The first-order valence-corrected chi connectivity index (χ1v) is 4.41. The van der Waals surface area contributed by atoms with Crippen LogP contribution in [0.2, 0.25) is 0 Å². The van der Waals surface area contributed by atoms with Gasteiger partial charge in [0.25, 0.3) is 0 Å². The molecular weight excluding hydrogens is 180 g/mol. The molecule has 0 saturated heterocycles. The molecule has 76 valence electrons. The molecule has 1 aromatic rings. The van der Waals surface area contributed by atoms with E-state index < -0.39 is 0 Å². The first kappa shape index (κ1) is 10.5. The van der Waals surface area contributed by atoms with Crippen LogP contribution in [0.5, 0.6) is 0 Å². The fourth-order valence-corrected chi connectivity index (χ4v) is 1.24. The summed E-state index contributed by atoms with van der Waals surface area (Å²) in [5.41, 5.74) is 1.23. The summed E-state index contributed by atoms with van der Waals surface area (Å²) >= 11 is 0. The second kappa shape index (κ2) is 4.11. The smallest absolute Gasteiger partial charge is 0.142 e. The van der Waals surface area contributed by atoms with E-state index in [1.807, 2.05) is 6.92 Å². The van der Waals surface area contributed by atoms with Gasteiger partial charge in [-0.05, 0) is 13.8 Å². The molecule has 0 aliphatic carbocycles. The molecule has 0 amide bonds. The van der Waals surface area contributed by atoms with Gasteiger partial charge >= 0.3 is 0 Å². The Morgan fingerprint density at radius 2 is 2.36 bits per heavy atom. The lowest BCUT2D eigenvalue weighted by Crippen LogP contribution is -2.21. The van der Waals surface area contributed by atoms with E-state index in [1.54, 1.807) is 18.7 Å². The third-order valence-electron chi connectivity index (χ3n) is 1.99. The molecule has 0 aromatic carbocycles. The highest BCUT2D eigenvalue weighted by molar-refractivity contribution is 5.55. The van der Waals surface area contributed by atoms with Crippen molar-refractivity contribution in [2.45, 2.75) is 19.9 Å². The molecule has 0 fully saturated rings. The second-order valence-corrected chi connectivity index (χ2v) is 3.27. The third-order valence-corrected chi connectivity index (χ3v) is 1.99. The van der Waals surface area contributed by atoms with Crippen molar-refractivity contribution >= 4 is 5.82 Å². The third kappa shape index (κ3) is 1.86. The van der Waals surface area contributed by atoms with Crippen molar-refractivity contribution in [1.29, 1.82) is 5.26 Å².